The Morgan fingerprint density at radius 3 is 2.92 bits per heavy atom. The fourth-order valence-corrected chi connectivity index (χ4v) is 3.49. The number of carbonyl (C=O) groups excluding carboxylic acids is 1. The molecule has 25 heavy (non-hydrogen) atoms. The molecule has 6 heteroatoms. The van der Waals surface area contributed by atoms with E-state index >= 15 is 0 Å². The molecule has 1 aliphatic rings. The second-order valence-electron chi connectivity index (χ2n) is 6.79. The van der Waals surface area contributed by atoms with E-state index in [-0.39, 0.29) is 12.5 Å². The minimum Gasteiger partial charge on any atom is -0.497 e. The molecular formula is C19H28N4O2. The van der Waals surface area contributed by atoms with Gasteiger partial charge in [0.15, 0.2) is 0 Å². The molecule has 136 valence electrons. The molecule has 0 atom stereocenters. The van der Waals surface area contributed by atoms with Crippen LogP contribution < -0.4 is 15.4 Å². The van der Waals surface area contributed by atoms with Gasteiger partial charge in [-0.15, -0.1) is 0 Å². The van der Waals surface area contributed by atoms with Gasteiger partial charge in [0, 0.05) is 19.2 Å². The molecule has 0 bridgehead atoms. The number of nitrogens with one attached hydrogen (secondary N) is 2. The first kappa shape index (κ1) is 17.7. The van der Waals surface area contributed by atoms with E-state index in [0.717, 1.165) is 35.8 Å². The summed E-state index contributed by atoms with van der Waals surface area (Å²) < 4.78 is 7.06. The van der Waals surface area contributed by atoms with E-state index in [4.69, 9.17) is 4.74 Å². The zero-order valence-electron chi connectivity index (χ0n) is 15.0. The number of fused-ring (bicyclic) bond motifs is 1. The van der Waals surface area contributed by atoms with Crippen LogP contribution in [0.25, 0.3) is 11.0 Å². The summed E-state index contributed by atoms with van der Waals surface area (Å²) in [5.74, 6) is 1.60. The highest BCUT2D eigenvalue weighted by Crippen LogP contribution is 2.22. The lowest BCUT2D eigenvalue weighted by atomic mass is 9.89. The van der Waals surface area contributed by atoms with Gasteiger partial charge < -0.3 is 19.9 Å². The molecular weight excluding hydrogens is 316 g/mol. The largest absolute Gasteiger partial charge is 0.497 e. The fraction of sp³-hybridized carbons (Fsp3) is 0.579. The molecule has 6 nitrogen and oxygen atoms in total. The van der Waals surface area contributed by atoms with E-state index in [2.05, 4.69) is 15.6 Å². The molecule has 0 spiro atoms. The topological polar surface area (TPSA) is 68.2 Å². The number of methoxy groups -OCH3 is 1. The Labute approximate surface area is 149 Å². The number of aromatic nitrogens is 2. The number of nitrogens with zero attached hydrogens (tertiary/aromatic N) is 2. The standard InChI is InChI=1S/C19H28N4O2/c1-25-16-7-8-18-17(11-16)22-14-23(18)13-19(24)21-10-9-20-12-15-5-3-2-4-6-15/h7-8,11,14-15,20H,2-6,9-10,12-13H2,1H3,(H,21,24). The summed E-state index contributed by atoms with van der Waals surface area (Å²) in [5.41, 5.74) is 1.77. The lowest BCUT2D eigenvalue weighted by molar-refractivity contribution is -0.121. The quantitative estimate of drug-likeness (QED) is 0.721. The van der Waals surface area contributed by atoms with Crippen LogP contribution in [0.3, 0.4) is 0 Å². The normalized spacial score (nSPS) is 15.4. The summed E-state index contributed by atoms with van der Waals surface area (Å²) in [4.78, 5) is 16.5. The van der Waals surface area contributed by atoms with Crippen molar-refractivity contribution in [3.05, 3.63) is 24.5 Å². The molecule has 2 N–H and O–H groups in total. The smallest absolute Gasteiger partial charge is 0.240 e. The lowest BCUT2D eigenvalue weighted by Gasteiger charge is -2.21. The molecule has 1 aliphatic carbocycles. The van der Waals surface area contributed by atoms with E-state index in [1.807, 2.05) is 22.8 Å². The maximum absolute atomic E-state index is 12.1. The molecule has 0 aliphatic heterocycles. The average molecular weight is 344 g/mol. The van der Waals surface area contributed by atoms with Gasteiger partial charge in [0.1, 0.15) is 12.3 Å². The molecule has 2 aromatic rings. The van der Waals surface area contributed by atoms with Crippen LogP contribution in [0.4, 0.5) is 0 Å². The Morgan fingerprint density at radius 2 is 2.12 bits per heavy atom. The Kier molecular flexibility index (Phi) is 6.28. The summed E-state index contributed by atoms with van der Waals surface area (Å²) in [7, 11) is 1.63. The maximum atomic E-state index is 12.1. The van der Waals surface area contributed by atoms with Crippen molar-refractivity contribution in [1.82, 2.24) is 20.2 Å². The third kappa shape index (κ3) is 4.95. The third-order valence-electron chi connectivity index (χ3n) is 4.92. The van der Waals surface area contributed by atoms with Gasteiger partial charge in [-0.25, -0.2) is 4.98 Å². The molecule has 1 saturated carbocycles. The van der Waals surface area contributed by atoms with Crippen molar-refractivity contribution in [2.75, 3.05) is 26.7 Å². The average Bonchev–Trinajstić information content (AvgIpc) is 3.04. The second kappa shape index (κ2) is 8.85. The van der Waals surface area contributed by atoms with Crippen molar-refractivity contribution in [3.63, 3.8) is 0 Å². The number of rotatable bonds is 8. The van der Waals surface area contributed by atoms with E-state index in [1.165, 1.54) is 32.1 Å². The first-order valence-corrected chi connectivity index (χ1v) is 9.22. The van der Waals surface area contributed by atoms with Crippen molar-refractivity contribution < 1.29 is 9.53 Å². The van der Waals surface area contributed by atoms with Crippen LogP contribution in [-0.2, 0) is 11.3 Å². The number of amides is 1. The third-order valence-corrected chi connectivity index (χ3v) is 4.92. The molecule has 3 rings (SSSR count). The van der Waals surface area contributed by atoms with Gasteiger partial charge in [0.25, 0.3) is 0 Å². The number of carbonyl (C=O) groups is 1. The van der Waals surface area contributed by atoms with Crippen molar-refractivity contribution in [2.24, 2.45) is 5.92 Å². The van der Waals surface area contributed by atoms with E-state index in [1.54, 1.807) is 13.4 Å². The van der Waals surface area contributed by atoms with Crippen LogP contribution in [0.2, 0.25) is 0 Å². The van der Waals surface area contributed by atoms with E-state index < -0.39 is 0 Å². The molecule has 1 amide bonds. The first-order valence-electron chi connectivity index (χ1n) is 9.22. The predicted molar refractivity (Wildman–Crippen MR) is 98.7 cm³/mol. The van der Waals surface area contributed by atoms with Gasteiger partial charge >= 0.3 is 0 Å². The lowest BCUT2D eigenvalue weighted by Crippen LogP contribution is -2.35. The number of hydrogen-bond acceptors (Lipinski definition) is 4. The van der Waals surface area contributed by atoms with Crippen LogP contribution in [0.1, 0.15) is 32.1 Å². The summed E-state index contributed by atoms with van der Waals surface area (Å²) in [6.07, 6.45) is 8.52. The van der Waals surface area contributed by atoms with E-state index in [0.29, 0.717) is 6.54 Å². The van der Waals surface area contributed by atoms with Crippen molar-refractivity contribution in [1.29, 1.82) is 0 Å². The van der Waals surface area contributed by atoms with Crippen LogP contribution in [0.5, 0.6) is 5.75 Å². The van der Waals surface area contributed by atoms with Gasteiger partial charge in [0.2, 0.25) is 5.91 Å². The summed E-state index contributed by atoms with van der Waals surface area (Å²) >= 11 is 0. The van der Waals surface area contributed by atoms with Crippen LogP contribution in [-0.4, -0.2) is 42.2 Å². The minimum absolute atomic E-state index is 0.00887. The Balaban J connectivity index is 1.39. The Bertz CT molecular complexity index is 692. The SMILES string of the molecule is COc1ccc2c(c1)ncn2CC(=O)NCCNCC1CCCCC1. The molecule has 0 unspecified atom stereocenters. The van der Waals surface area contributed by atoms with Crippen molar-refractivity contribution in [2.45, 2.75) is 38.6 Å². The molecule has 1 aromatic heterocycles. The summed E-state index contributed by atoms with van der Waals surface area (Å²) in [5, 5.41) is 6.44. The number of hydrogen-bond donors (Lipinski definition) is 2. The zero-order chi connectivity index (χ0) is 17.5. The van der Waals surface area contributed by atoms with Gasteiger partial charge in [-0.2, -0.15) is 0 Å². The van der Waals surface area contributed by atoms with Gasteiger partial charge in [-0.1, -0.05) is 19.3 Å². The molecule has 1 heterocycles. The number of ether oxygens (including phenoxy) is 1. The summed E-state index contributed by atoms with van der Waals surface area (Å²) in [6.45, 7) is 2.84. The number of benzene rings is 1. The maximum Gasteiger partial charge on any atom is 0.240 e. The van der Waals surface area contributed by atoms with Gasteiger partial charge in [-0.3, -0.25) is 4.79 Å². The highest BCUT2D eigenvalue weighted by molar-refractivity contribution is 5.81. The summed E-state index contributed by atoms with van der Waals surface area (Å²) in [6, 6.07) is 5.69. The Morgan fingerprint density at radius 1 is 1.28 bits per heavy atom. The monoisotopic (exact) mass is 344 g/mol. The molecule has 1 aromatic carbocycles. The van der Waals surface area contributed by atoms with Crippen LogP contribution >= 0.6 is 0 Å². The molecule has 1 fully saturated rings. The number of imidazole rings is 1. The van der Waals surface area contributed by atoms with Crippen LogP contribution in [0, 0.1) is 5.92 Å². The highest BCUT2D eigenvalue weighted by atomic mass is 16.5. The first-order chi connectivity index (χ1) is 12.3. The van der Waals surface area contributed by atoms with Crippen molar-refractivity contribution in [3.8, 4) is 5.75 Å². The minimum atomic E-state index is 0.00887. The Hall–Kier alpha value is -2.08. The molecule has 0 saturated heterocycles. The highest BCUT2D eigenvalue weighted by Gasteiger charge is 2.12. The zero-order valence-corrected chi connectivity index (χ0v) is 15.0. The van der Waals surface area contributed by atoms with E-state index in [9.17, 15) is 4.79 Å². The van der Waals surface area contributed by atoms with Crippen molar-refractivity contribution >= 4 is 16.9 Å². The molecule has 0 radical (unpaired) electrons. The predicted octanol–water partition coefficient (Wildman–Crippen LogP) is 2.33. The van der Waals surface area contributed by atoms with Crippen LogP contribution in [0.15, 0.2) is 24.5 Å². The van der Waals surface area contributed by atoms with Gasteiger partial charge in [0.05, 0.1) is 24.5 Å². The second-order valence-corrected chi connectivity index (χ2v) is 6.79. The van der Waals surface area contributed by atoms with Gasteiger partial charge in [-0.05, 0) is 37.4 Å². The fourth-order valence-electron chi connectivity index (χ4n) is 3.49.